The Morgan fingerprint density at radius 2 is 1.94 bits per heavy atom. The average molecular weight is 226 g/mol. The highest BCUT2D eigenvalue weighted by Gasteiger charge is 2.28. The molecule has 2 fully saturated rings. The second-order valence-corrected chi connectivity index (χ2v) is 5.52. The van der Waals surface area contributed by atoms with E-state index < -0.39 is 0 Å². The molecule has 1 aliphatic heterocycles. The van der Waals surface area contributed by atoms with Crippen LogP contribution in [0.15, 0.2) is 0 Å². The summed E-state index contributed by atoms with van der Waals surface area (Å²) in [6, 6.07) is 1.22. The van der Waals surface area contributed by atoms with Crippen molar-refractivity contribution in [1.29, 1.82) is 0 Å². The first kappa shape index (κ1) is 12.3. The number of piperidine rings is 1. The monoisotopic (exact) mass is 226 g/mol. The second kappa shape index (κ2) is 5.99. The van der Waals surface area contributed by atoms with Gasteiger partial charge in [0.05, 0.1) is 0 Å². The Bertz CT molecular complexity index is 202. The topological polar surface area (TPSA) is 38.5 Å². The number of rotatable bonds is 3. The number of likely N-dealkylation sites (tertiary alicyclic amines) is 1. The third-order valence-electron chi connectivity index (χ3n) is 4.25. The van der Waals surface area contributed by atoms with Gasteiger partial charge >= 0.3 is 0 Å². The summed E-state index contributed by atoms with van der Waals surface area (Å²) < 4.78 is 5.24. The van der Waals surface area contributed by atoms with Crippen LogP contribution in [-0.2, 0) is 4.74 Å². The number of nitrogens with two attached hydrogens (primary N) is 1. The van der Waals surface area contributed by atoms with Crippen LogP contribution in [0.25, 0.3) is 0 Å². The van der Waals surface area contributed by atoms with Crippen molar-refractivity contribution in [3.63, 3.8) is 0 Å². The van der Waals surface area contributed by atoms with Crippen LogP contribution < -0.4 is 5.73 Å². The highest BCUT2D eigenvalue weighted by atomic mass is 16.5. The van der Waals surface area contributed by atoms with E-state index in [1.807, 2.05) is 7.11 Å². The maximum atomic E-state index is 6.06. The summed E-state index contributed by atoms with van der Waals surface area (Å²) in [7, 11) is 1.81. The van der Waals surface area contributed by atoms with Crippen LogP contribution in [0, 0.1) is 5.92 Å². The SMILES string of the molecule is COCC1CCN(C2CCCC(N)C2)CC1. The molecule has 0 aromatic carbocycles. The number of nitrogens with zero attached hydrogens (tertiary/aromatic N) is 1. The molecule has 1 aliphatic carbocycles. The van der Waals surface area contributed by atoms with Gasteiger partial charge in [0.15, 0.2) is 0 Å². The van der Waals surface area contributed by atoms with E-state index in [0.717, 1.165) is 18.6 Å². The van der Waals surface area contributed by atoms with Gasteiger partial charge in [0.2, 0.25) is 0 Å². The summed E-state index contributed by atoms with van der Waals surface area (Å²) >= 11 is 0. The Morgan fingerprint density at radius 1 is 1.19 bits per heavy atom. The van der Waals surface area contributed by atoms with E-state index in [9.17, 15) is 0 Å². The summed E-state index contributed by atoms with van der Waals surface area (Å²) in [5.41, 5.74) is 6.06. The lowest BCUT2D eigenvalue weighted by molar-refractivity contribution is 0.0658. The third-order valence-corrected chi connectivity index (χ3v) is 4.25. The first-order chi connectivity index (χ1) is 7.79. The summed E-state index contributed by atoms with van der Waals surface area (Å²) in [5.74, 6) is 0.790. The van der Waals surface area contributed by atoms with Crippen LogP contribution in [0.5, 0.6) is 0 Å². The lowest BCUT2D eigenvalue weighted by atomic mass is 9.88. The van der Waals surface area contributed by atoms with Crippen LogP contribution in [-0.4, -0.2) is 43.8 Å². The minimum absolute atomic E-state index is 0.454. The van der Waals surface area contributed by atoms with E-state index in [0.29, 0.717) is 6.04 Å². The zero-order chi connectivity index (χ0) is 11.4. The molecule has 0 radical (unpaired) electrons. The van der Waals surface area contributed by atoms with E-state index in [1.165, 1.54) is 51.6 Å². The molecule has 2 unspecified atom stereocenters. The first-order valence-corrected chi connectivity index (χ1v) is 6.78. The van der Waals surface area contributed by atoms with Gasteiger partial charge in [-0.25, -0.2) is 0 Å². The van der Waals surface area contributed by atoms with Gasteiger partial charge in [0, 0.05) is 25.8 Å². The molecule has 3 heteroatoms. The fourth-order valence-electron chi connectivity index (χ4n) is 3.25. The zero-order valence-electron chi connectivity index (χ0n) is 10.5. The van der Waals surface area contributed by atoms with Gasteiger partial charge in [-0.05, 0) is 51.1 Å². The van der Waals surface area contributed by atoms with Gasteiger partial charge in [0.25, 0.3) is 0 Å². The predicted octanol–water partition coefficient (Wildman–Crippen LogP) is 1.61. The maximum absolute atomic E-state index is 6.06. The van der Waals surface area contributed by atoms with Gasteiger partial charge in [-0.1, -0.05) is 6.42 Å². The van der Waals surface area contributed by atoms with Crippen LogP contribution in [0.2, 0.25) is 0 Å². The summed E-state index contributed by atoms with van der Waals surface area (Å²) in [6.07, 6.45) is 7.75. The Balaban J connectivity index is 1.75. The van der Waals surface area contributed by atoms with E-state index in [4.69, 9.17) is 10.5 Å². The molecule has 94 valence electrons. The molecule has 2 N–H and O–H groups in total. The van der Waals surface area contributed by atoms with Crippen LogP contribution in [0.4, 0.5) is 0 Å². The van der Waals surface area contributed by atoms with Crippen molar-refractivity contribution in [1.82, 2.24) is 4.90 Å². The molecule has 1 heterocycles. The fourth-order valence-corrected chi connectivity index (χ4v) is 3.25. The lowest BCUT2D eigenvalue weighted by Crippen LogP contribution is -2.46. The van der Waals surface area contributed by atoms with Crippen molar-refractivity contribution in [3.05, 3.63) is 0 Å². The average Bonchev–Trinajstić information content (AvgIpc) is 2.30. The molecule has 1 saturated carbocycles. The molecule has 2 atom stereocenters. The van der Waals surface area contributed by atoms with Crippen molar-refractivity contribution in [2.24, 2.45) is 11.7 Å². The molecule has 2 rings (SSSR count). The van der Waals surface area contributed by atoms with E-state index in [1.54, 1.807) is 0 Å². The minimum Gasteiger partial charge on any atom is -0.384 e. The Morgan fingerprint density at radius 3 is 2.56 bits per heavy atom. The lowest BCUT2D eigenvalue weighted by Gasteiger charge is -2.40. The zero-order valence-corrected chi connectivity index (χ0v) is 10.5. The van der Waals surface area contributed by atoms with Crippen molar-refractivity contribution in [3.8, 4) is 0 Å². The summed E-state index contributed by atoms with van der Waals surface area (Å²) in [5, 5.41) is 0. The molecule has 0 amide bonds. The normalized spacial score (nSPS) is 34.1. The number of ether oxygens (including phenoxy) is 1. The quantitative estimate of drug-likeness (QED) is 0.794. The second-order valence-electron chi connectivity index (χ2n) is 5.52. The predicted molar refractivity (Wildman–Crippen MR) is 66.4 cm³/mol. The van der Waals surface area contributed by atoms with E-state index >= 15 is 0 Å². The van der Waals surface area contributed by atoms with E-state index in [-0.39, 0.29) is 0 Å². The summed E-state index contributed by atoms with van der Waals surface area (Å²) in [6.45, 7) is 3.45. The third kappa shape index (κ3) is 3.19. The summed E-state index contributed by atoms with van der Waals surface area (Å²) in [4.78, 5) is 2.67. The van der Waals surface area contributed by atoms with Crippen molar-refractivity contribution < 1.29 is 4.74 Å². The Hall–Kier alpha value is -0.120. The fraction of sp³-hybridized carbons (Fsp3) is 1.00. The minimum atomic E-state index is 0.454. The van der Waals surface area contributed by atoms with Gasteiger partial charge < -0.3 is 15.4 Å². The standard InChI is InChI=1S/C13H26N2O/c1-16-10-11-5-7-15(8-6-11)13-4-2-3-12(14)9-13/h11-13H,2-10,14H2,1H3. The molecule has 2 aliphatic rings. The van der Waals surface area contributed by atoms with Crippen LogP contribution in [0.1, 0.15) is 38.5 Å². The molecule has 0 aromatic rings. The van der Waals surface area contributed by atoms with Crippen molar-refractivity contribution in [2.45, 2.75) is 50.6 Å². The van der Waals surface area contributed by atoms with Crippen molar-refractivity contribution >= 4 is 0 Å². The molecule has 16 heavy (non-hydrogen) atoms. The first-order valence-electron chi connectivity index (χ1n) is 6.78. The highest BCUT2D eigenvalue weighted by Crippen LogP contribution is 2.26. The Kier molecular flexibility index (Phi) is 4.62. The van der Waals surface area contributed by atoms with Gasteiger partial charge in [-0.3, -0.25) is 0 Å². The van der Waals surface area contributed by atoms with Crippen LogP contribution >= 0.6 is 0 Å². The molecule has 0 aromatic heterocycles. The Labute approximate surface area is 99.3 Å². The molecule has 1 saturated heterocycles. The largest absolute Gasteiger partial charge is 0.384 e. The van der Waals surface area contributed by atoms with Gasteiger partial charge in [-0.2, -0.15) is 0 Å². The molecule has 0 bridgehead atoms. The number of hydrogen-bond acceptors (Lipinski definition) is 3. The van der Waals surface area contributed by atoms with Gasteiger partial charge in [-0.15, -0.1) is 0 Å². The number of hydrogen-bond donors (Lipinski definition) is 1. The maximum Gasteiger partial charge on any atom is 0.0491 e. The molecular formula is C13H26N2O. The molecular weight excluding hydrogens is 200 g/mol. The molecule has 3 nitrogen and oxygen atoms in total. The molecule has 0 spiro atoms. The van der Waals surface area contributed by atoms with Crippen LogP contribution in [0.3, 0.4) is 0 Å². The van der Waals surface area contributed by atoms with E-state index in [2.05, 4.69) is 4.90 Å². The smallest absolute Gasteiger partial charge is 0.0491 e. The van der Waals surface area contributed by atoms with Crippen molar-refractivity contribution in [2.75, 3.05) is 26.8 Å². The highest BCUT2D eigenvalue weighted by molar-refractivity contribution is 4.84. The number of methoxy groups -OCH3 is 1. The van der Waals surface area contributed by atoms with Gasteiger partial charge in [0.1, 0.15) is 0 Å².